The van der Waals surface area contributed by atoms with Crippen LogP contribution in [0.25, 0.3) is 0 Å². The van der Waals surface area contributed by atoms with Gasteiger partial charge in [-0.2, -0.15) is 8.42 Å². The van der Waals surface area contributed by atoms with Crippen molar-refractivity contribution in [3.05, 3.63) is 106 Å². The van der Waals surface area contributed by atoms with Gasteiger partial charge < -0.3 is 10.0 Å². The molecule has 3 rings (SSSR count). The number of hydrogen-bond donors (Lipinski definition) is 2. The van der Waals surface area contributed by atoms with Gasteiger partial charge in [-0.15, -0.1) is 0 Å². The lowest BCUT2D eigenvalue weighted by molar-refractivity contribution is -0.419. The molecule has 0 saturated carbocycles. The van der Waals surface area contributed by atoms with Crippen LogP contribution in [0.2, 0.25) is 0 Å². The summed E-state index contributed by atoms with van der Waals surface area (Å²) < 4.78 is 35.2. The molecule has 2 aliphatic heterocycles. The second-order valence-electron chi connectivity index (χ2n) is 10.6. The molecule has 0 radical (unpaired) electrons. The Morgan fingerprint density at radius 1 is 1.03 bits per heavy atom. The highest BCUT2D eigenvalue weighted by atomic mass is 32.2. The number of nitrogens with zero attached hydrogens (tertiary/aromatic N) is 2. The third-order valence-electron chi connectivity index (χ3n) is 7.22. The van der Waals surface area contributed by atoms with Gasteiger partial charge in [-0.3, -0.25) is 9.35 Å². The van der Waals surface area contributed by atoms with Gasteiger partial charge >= 0.3 is 0 Å². The summed E-state index contributed by atoms with van der Waals surface area (Å²) in [7, 11) is -0.705. The zero-order valence-corrected chi connectivity index (χ0v) is 24.1. The van der Waals surface area contributed by atoms with Gasteiger partial charge in [-0.05, 0) is 51.5 Å². The first-order valence-electron chi connectivity index (χ1n) is 12.4. The number of Topliss-reactive ketones (excluding diaryl/α,β-unsaturated/α-hetero) is 1. The molecule has 7 nitrogen and oxygen atoms in total. The van der Waals surface area contributed by atoms with Gasteiger partial charge in [-0.1, -0.05) is 44.2 Å². The second kappa shape index (κ2) is 10.3. The number of hydrogen-bond acceptors (Lipinski definition) is 5. The van der Waals surface area contributed by atoms with Crippen LogP contribution in [-0.4, -0.2) is 53.1 Å². The van der Waals surface area contributed by atoms with Crippen LogP contribution >= 0.6 is 0 Å². The highest BCUT2D eigenvalue weighted by Gasteiger charge is 2.43. The molecule has 202 valence electrons. The summed E-state index contributed by atoms with van der Waals surface area (Å²) in [4.78, 5) is 14.7. The van der Waals surface area contributed by atoms with Crippen LogP contribution in [0.3, 0.4) is 0 Å². The maximum atomic E-state index is 13.2. The van der Waals surface area contributed by atoms with E-state index in [0.29, 0.717) is 11.3 Å². The average Bonchev–Trinajstić information content (AvgIpc) is 3.16. The first kappa shape index (κ1) is 29.1. The van der Waals surface area contributed by atoms with Gasteiger partial charge in [-0.25, -0.2) is 4.58 Å². The fourth-order valence-corrected chi connectivity index (χ4v) is 5.45. The van der Waals surface area contributed by atoms with Crippen molar-refractivity contribution >= 4 is 21.6 Å². The molecule has 8 heteroatoms. The van der Waals surface area contributed by atoms with Crippen molar-refractivity contribution in [2.75, 3.05) is 14.1 Å². The monoisotopic (exact) mass is 537 g/mol. The number of carbonyl (C=O) groups is 1. The zero-order chi connectivity index (χ0) is 28.6. The lowest BCUT2D eigenvalue weighted by Gasteiger charge is -2.28. The molecule has 3 aliphatic rings. The number of aliphatic hydroxyl groups excluding tert-OH is 1. The summed E-state index contributed by atoms with van der Waals surface area (Å²) in [5.74, 6) is -0.330. The topological polar surface area (TPSA) is 97.9 Å². The summed E-state index contributed by atoms with van der Waals surface area (Å²) >= 11 is 0. The minimum Gasteiger partial charge on any atom is -0.506 e. The Bertz CT molecular complexity index is 1480. The number of ketones is 1. The highest BCUT2D eigenvalue weighted by molar-refractivity contribution is 7.90. The molecule has 0 aromatic heterocycles. The predicted molar refractivity (Wildman–Crippen MR) is 152 cm³/mol. The molecule has 2 heterocycles. The van der Waals surface area contributed by atoms with Crippen LogP contribution in [0.15, 0.2) is 106 Å². The summed E-state index contributed by atoms with van der Waals surface area (Å²) in [6.07, 6.45) is 19.4. The van der Waals surface area contributed by atoms with Crippen LogP contribution in [0.4, 0.5) is 0 Å². The highest BCUT2D eigenvalue weighted by Crippen LogP contribution is 2.45. The van der Waals surface area contributed by atoms with Gasteiger partial charge in [0, 0.05) is 36.0 Å². The summed E-state index contributed by atoms with van der Waals surface area (Å²) in [6.45, 7) is 11.5. The molecule has 38 heavy (non-hydrogen) atoms. The minimum atomic E-state index is -4.41. The Kier molecular flexibility index (Phi) is 7.91. The summed E-state index contributed by atoms with van der Waals surface area (Å²) in [5.41, 5.74) is 2.73. The predicted octanol–water partition coefficient (Wildman–Crippen LogP) is 5.53. The Morgan fingerprint density at radius 2 is 1.68 bits per heavy atom. The molecule has 0 spiro atoms. The SMILES string of the molecule is C/C=C\C=C/C1=C[N+](C)=C(C=C2C(=O)C(C=C3N(C)C=C(/C=C(\C=C/C)S(=O)(=O)O)C3(C)C)=C2O)C1(C)C. The van der Waals surface area contributed by atoms with E-state index >= 15 is 0 Å². The van der Waals surface area contributed by atoms with Crippen molar-refractivity contribution in [3.63, 3.8) is 0 Å². The molecule has 2 N–H and O–H groups in total. The van der Waals surface area contributed by atoms with Crippen molar-refractivity contribution in [2.24, 2.45) is 10.8 Å². The standard InChI is InChI=1S/C30H36N2O5S/c1-9-11-12-14-20-18-31(7)25(29(20,3)4)16-23-27(33)24(28(23)34)17-26-30(5,6)21(19-32(26)8)15-22(13-10-2)38(35,36)37/h9-19H,1-8H3,(H-,33,34,35,36,37)/p+1/b11-9-,13-10-,14-12-,22-15+. The third kappa shape index (κ3) is 5.24. The first-order valence-corrected chi connectivity index (χ1v) is 13.8. The van der Waals surface area contributed by atoms with Crippen LogP contribution < -0.4 is 0 Å². The van der Waals surface area contributed by atoms with E-state index in [1.54, 1.807) is 37.2 Å². The Hall–Kier alpha value is -3.49. The van der Waals surface area contributed by atoms with E-state index in [1.165, 1.54) is 18.2 Å². The average molecular weight is 538 g/mol. The van der Waals surface area contributed by atoms with Crippen LogP contribution in [0.5, 0.6) is 0 Å². The molecular formula is C30H37N2O5S+. The van der Waals surface area contributed by atoms with Crippen molar-refractivity contribution < 1.29 is 27.4 Å². The first-order chi connectivity index (χ1) is 17.6. The van der Waals surface area contributed by atoms with E-state index in [-0.39, 0.29) is 33.0 Å². The van der Waals surface area contributed by atoms with Crippen molar-refractivity contribution in [3.8, 4) is 0 Å². The summed E-state index contributed by atoms with van der Waals surface area (Å²) in [6, 6.07) is 0. The summed E-state index contributed by atoms with van der Waals surface area (Å²) in [5, 5.41) is 10.9. The smallest absolute Gasteiger partial charge is 0.294 e. The van der Waals surface area contributed by atoms with Crippen LogP contribution in [0, 0.1) is 10.8 Å². The largest absolute Gasteiger partial charge is 0.506 e. The van der Waals surface area contributed by atoms with Crippen molar-refractivity contribution in [1.82, 2.24) is 4.90 Å². The van der Waals surface area contributed by atoms with Crippen molar-refractivity contribution in [1.29, 1.82) is 0 Å². The normalized spacial score (nSPS) is 24.2. The molecule has 0 atom stereocenters. The quantitative estimate of drug-likeness (QED) is 0.192. The molecule has 1 aliphatic carbocycles. The van der Waals surface area contributed by atoms with E-state index in [2.05, 4.69) is 13.8 Å². The van der Waals surface area contributed by atoms with Gasteiger partial charge in [0.2, 0.25) is 5.78 Å². The van der Waals surface area contributed by atoms with Crippen molar-refractivity contribution in [2.45, 2.75) is 41.5 Å². The van der Waals surface area contributed by atoms with Crippen LogP contribution in [-0.2, 0) is 14.9 Å². The van der Waals surface area contributed by atoms with Gasteiger partial charge in [0.1, 0.15) is 12.8 Å². The Labute approximate surface area is 226 Å². The number of allylic oxidation sites excluding steroid dienone is 13. The van der Waals surface area contributed by atoms with E-state index in [1.807, 2.05) is 62.9 Å². The molecular weight excluding hydrogens is 500 g/mol. The molecule has 0 unspecified atom stereocenters. The van der Waals surface area contributed by atoms with Gasteiger partial charge in [0.25, 0.3) is 10.1 Å². The maximum Gasteiger partial charge on any atom is 0.294 e. The van der Waals surface area contributed by atoms with Gasteiger partial charge in [0.05, 0.1) is 21.5 Å². The van der Waals surface area contributed by atoms with E-state index < -0.39 is 15.5 Å². The molecule has 0 bridgehead atoms. The van der Waals surface area contributed by atoms with E-state index in [9.17, 15) is 22.9 Å². The Balaban J connectivity index is 1.96. The maximum absolute atomic E-state index is 13.2. The van der Waals surface area contributed by atoms with E-state index in [0.717, 1.165) is 11.3 Å². The molecule has 0 aromatic carbocycles. The minimum absolute atomic E-state index is 0.0714. The third-order valence-corrected chi connectivity index (χ3v) is 8.07. The number of aliphatic hydroxyl groups is 1. The molecule has 0 amide bonds. The second-order valence-corrected chi connectivity index (χ2v) is 12.0. The fraction of sp³-hybridized carbons (Fsp3) is 0.333. The zero-order valence-electron chi connectivity index (χ0n) is 23.3. The molecule has 0 fully saturated rings. The number of rotatable bonds is 7. The lowest BCUT2D eigenvalue weighted by atomic mass is 9.77. The molecule has 0 aromatic rings. The number of carbonyl (C=O) groups excluding carboxylic acids is 1. The van der Waals surface area contributed by atoms with Crippen LogP contribution in [0.1, 0.15) is 41.5 Å². The van der Waals surface area contributed by atoms with Gasteiger partial charge in [0.15, 0.2) is 11.9 Å². The Morgan fingerprint density at radius 3 is 2.24 bits per heavy atom. The molecule has 0 saturated heterocycles. The fourth-order valence-electron chi connectivity index (χ4n) is 4.87. The lowest BCUT2D eigenvalue weighted by Crippen LogP contribution is -2.29. The van der Waals surface area contributed by atoms with E-state index in [4.69, 9.17) is 0 Å².